The predicted octanol–water partition coefficient (Wildman–Crippen LogP) is 1.00. The van der Waals surface area contributed by atoms with Gasteiger partial charge in [0.1, 0.15) is 16.8 Å². The Balaban J connectivity index is 1.64. The number of hydrogen-bond acceptors (Lipinski definition) is 10. The van der Waals surface area contributed by atoms with Crippen molar-refractivity contribution in [2.75, 3.05) is 35.7 Å². The maximum absolute atomic E-state index is 12.4. The molecular formula is C20H23N7O5S. The van der Waals surface area contributed by atoms with Crippen LogP contribution >= 0.6 is 11.8 Å². The summed E-state index contributed by atoms with van der Waals surface area (Å²) in [5.41, 5.74) is 14.0. The van der Waals surface area contributed by atoms with E-state index in [1.54, 1.807) is 24.3 Å². The van der Waals surface area contributed by atoms with Gasteiger partial charge in [0.2, 0.25) is 5.95 Å². The third kappa shape index (κ3) is 6.10. The van der Waals surface area contributed by atoms with Crippen LogP contribution in [-0.2, 0) is 9.59 Å². The van der Waals surface area contributed by atoms with E-state index >= 15 is 0 Å². The maximum Gasteiger partial charge on any atom is 0.326 e. The van der Waals surface area contributed by atoms with Gasteiger partial charge >= 0.3 is 11.9 Å². The van der Waals surface area contributed by atoms with E-state index in [0.717, 1.165) is 11.4 Å². The Bertz CT molecular complexity index is 1110. The molecule has 0 aliphatic carbocycles. The number of nitrogens with one attached hydrogen (secondary N) is 1. The lowest BCUT2D eigenvalue weighted by atomic mass is 10.1. The lowest BCUT2D eigenvalue weighted by Gasteiger charge is -2.23. The van der Waals surface area contributed by atoms with Crippen LogP contribution in [0.4, 0.5) is 23.1 Å². The highest BCUT2D eigenvalue weighted by Gasteiger charge is 2.22. The van der Waals surface area contributed by atoms with Crippen LogP contribution in [0.2, 0.25) is 0 Å². The monoisotopic (exact) mass is 473 g/mol. The normalized spacial score (nSPS) is 13.4. The van der Waals surface area contributed by atoms with Crippen LogP contribution < -0.4 is 21.7 Å². The maximum atomic E-state index is 12.4. The zero-order chi connectivity index (χ0) is 24.1. The zero-order valence-electron chi connectivity index (χ0n) is 17.7. The van der Waals surface area contributed by atoms with Crippen molar-refractivity contribution in [2.24, 2.45) is 4.99 Å². The molecule has 0 unspecified atom stereocenters. The Hall–Kier alpha value is -3.87. The number of aliphatic imine (C=N–C) groups is 1. The van der Waals surface area contributed by atoms with E-state index in [0.29, 0.717) is 23.0 Å². The quantitative estimate of drug-likeness (QED) is 0.326. The fourth-order valence-corrected chi connectivity index (χ4v) is 4.00. The summed E-state index contributed by atoms with van der Waals surface area (Å²) in [5.74, 6) is -2.07. The molecule has 174 valence electrons. The van der Waals surface area contributed by atoms with Gasteiger partial charge in [0.25, 0.3) is 5.91 Å². The first kappa shape index (κ1) is 23.8. The van der Waals surface area contributed by atoms with Crippen LogP contribution in [0.5, 0.6) is 0 Å². The van der Waals surface area contributed by atoms with Crippen LogP contribution in [0.1, 0.15) is 23.2 Å². The lowest BCUT2D eigenvalue weighted by Crippen LogP contribution is -2.41. The summed E-state index contributed by atoms with van der Waals surface area (Å²) in [6.07, 6.45) is -0.568. The summed E-state index contributed by atoms with van der Waals surface area (Å²) in [4.78, 5) is 48.9. The Morgan fingerprint density at radius 1 is 1.18 bits per heavy atom. The minimum Gasteiger partial charge on any atom is -0.481 e. The number of benzene rings is 1. The van der Waals surface area contributed by atoms with Crippen LogP contribution in [0.25, 0.3) is 0 Å². The van der Waals surface area contributed by atoms with Crippen LogP contribution in [-0.4, -0.2) is 69.1 Å². The number of carbonyl (C=O) groups excluding carboxylic acids is 1. The molecule has 0 fully saturated rings. The van der Waals surface area contributed by atoms with Gasteiger partial charge in [0, 0.05) is 36.2 Å². The van der Waals surface area contributed by atoms with Crippen molar-refractivity contribution in [3.63, 3.8) is 0 Å². The number of aliphatic carboxylic acids is 2. The Morgan fingerprint density at radius 3 is 2.52 bits per heavy atom. The van der Waals surface area contributed by atoms with Crippen molar-refractivity contribution in [3.05, 3.63) is 29.8 Å². The number of carboxylic acid groups (broad SMARTS) is 2. The average Bonchev–Trinajstić information content (AvgIpc) is 2.76. The minimum absolute atomic E-state index is 0.107. The SMILES string of the molecule is CN(CC1=Nc2c(N)nc(N)nc2SC1)c1ccc(C(=O)N[C@@H](CCC(=O)O)C(=O)O)cc1. The second-order valence-corrected chi connectivity index (χ2v) is 8.25. The first-order valence-corrected chi connectivity index (χ1v) is 10.8. The molecule has 2 aromatic rings. The van der Waals surface area contributed by atoms with Crippen molar-refractivity contribution >= 4 is 58.5 Å². The summed E-state index contributed by atoms with van der Waals surface area (Å²) in [6.45, 7) is 0.498. The van der Waals surface area contributed by atoms with Gasteiger partial charge in [0.05, 0.1) is 6.54 Å². The van der Waals surface area contributed by atoms with E-state index in [1.165, 1.54) is 11.8 Å². The van der Waals surface area contributed by atoms with Gasteiger partial charge < -0.3 is 31.9 Å². The minimum atomic E-state index is -1.29. The number of anilines is 3. The average molecular weight is 474 g/mol. The number of fused-ring (bicyclic) bond motifs is 1. The topological polar surface area (TPSA) is 197 Å². The molecule has 2 heterocycles. The predicted molar refractivity (Wildman–Crippen MR) is 124 cm³/mol. The van der Waals surface area contributed by atoms with Crippen molar-refractivity contribution in [3.8, 4) is 0 Å². The van der Waals surface area contributed by atoms with Crippen molar-refractivity contribution in [1.29, 1.82) is 0 Å². The Kier molecular flexibility index (Phi) is 7.33. The van der Waals surface area contributed by atoms with E-state index in [9.17, 15) is 19.5 Å². The van der Waals surface area contributed by atoms with Gasteiger partial charge in [-0.2, -0.15) is 4.98 Å². The van der Waals surface area contributed by atoms with Gasteiger partial charge in [-0.05, 0) is 30.7 Å². The molecule has 33 heavy (non-hydrogen) atoms. The van der Waals surface area contributed by atoms with Gasteiger partial charge in [-0.25, -0.2) is 14.8 Å². The molecule has 7 N–H and O–H groups in total. The standard InChI is InChI=1S/C20H23N7O5S/c1-27(8-11-9-33-18-15(23-11)16(21)25-20(22)26-18)12-4-2-10(3-5-12)17(30)24-13(19(31)32)6-7-14(28)29/h2-5,13H,6-9H2,1H3,(H,24,30)(H,28,29)(H,31,32)(H4,21,22,25,26)/t13-/m0/s1. The number of nitrogen functional groups attached to an aromatic ring is 2. The number of aromatic nitrogens is 2. The summed E-state index contributed by atoms with van der Waals surface area (Å²) >= 11 is 1.48. The van der Waals surface area contributed by atoms with Gasteiger partial charge in [-0.1, -0.05) is 11.8 Å². The summed E-state index contributed by atoms with van der Waals surface area (Å²) in [5, 5.41) is 20.9. The number of carbonyl (C=O) groups is 3. The molecule has 1 aromatic heterocycles. The second kappa shape index (κ2) is 10.2. The molecule has 0 radical (unpaired) electrons. The van der Waals surface area contributed by atoms with Crippen LogP contribution in [0.3, 0.4) is 0 Å². The largest absolute Gasteiger partial charge is 0.481 e. The van der Waals surface area contributed by atoms with E-state index in [-0.39, 0.29) is 30.2 Å². The molecule has 1 amide bonds. The molecule has 0 saturated carbocycles. The Labute approximate surface area is 193 Å². The molecule has 12 nitrogen and oxygen atoms in total. The summed E-state index contributed by atoms with van der Waals surface area (Å²) in [7, 11) is 1.87. The second-order valence-electron chi connectivity index (χ2n) is 7.29. The molecular weight excluding hydrogens is 450 g/mol. The first-order valence-electron chi connectivity index (χ1n) is 9.83. The molecule has 13 heteroatoms. The molecule has 0 bridgehead atoms. The molecule has 1 aliphatic heterocycles. The zero-order valence-corrected chi connectivity index (χ0v) is 18.5. The summed E-state index contributed by atoms with van der Waals surface area (Å²) < 4.78 is 0. The van der Waals surface area contributed by atoms with E-state index in [2.05, 4.69) is 20.3 Å². The van der Waals surface area contributed by atoms with Gasteiger partial charge in [0.15, 0.2) is 5.82 Å². The van der Waals surface area contributed by atoms with Gasteiger partial charge in [-0.3, -0.25) is 9.59 Å². The first-order chi connectivity index (χ1) is 15.6. The molecule has 0 saturated heterocycles. The number of hydrogen-bond donors (Lipinski definition) is 5. The number of rotatable bonds is 9. The summed E-state index contributed by atoms with van der Waals surface area (Å²) in [6, 6.07) is 5.30. The van der Waals surface area contributed by atoms with Crippen molar-refractivity contribution in [1.82, 2.24) is 15.3 Å². The number of carboxylic acids is 2. The number of thioether (sulfide) groups is 1. The highest BCUT2D eigenvalue weighted by Crippen LogP contribution is 2.36. The number of amides is 1. The third-order valence-corrected chi connectivity index (χ3v) is 5.82. The molecule has 3 rings (SSSR count). The van der Waals surface area contributed by atoms with Crippen molar-refractivity contribution < 1.29 is 24.6 Å². The number of nitrogens with two attached hydrogens (primary N) is 2. The van der Waals surface area contributed by atoms with E-state index in [4.69, 9.17) is 16.6 Å². The molecule has 1 aliphatic rings. The molecule has 1 aromatic carbocycles. The third-order valence-electron chi connectivity index (χ3n) is 4.78. The molecule has 0 spiro atoms. The lowest BCUT2D eigenvalue weighted by molar-refractivity contribution is -0.140. The molecule has 1 atom stereocenters. The van der Waals surface area contributed by atoms with E-state index in [1.807, 2.05) is 11.9 Å². The smallest absolute Gasteiger partial charge is 0.326 e. The fourth-order valence-electron chi connectivity index (χ4n) is 3.10. The highest BCUT2D eigenvalue weighted by atomic mass is 32.2. The van der Waals surface area contributed by atoms with Crippen LogP contribution in [0, 0.1) is 0 Å². The highest BCUT2D eigenvalue weighted by molar-refractivity contribution is 8.00. The van der Waals surface area contributed by atoms with E-state index < -0.39 is 23.9 Å². The fraction of sp³-hybridized carbons (Fsp3) is 0.300. The van der Waals surface area contributed by atoms with Crippen LogP contribution in [0.15, 0.2) is 34.3 Å². The van der Waals surface area contributed by atoms with Crippen molar-refractivity contribution in [2.45, 2.75) is 23.9 Å². The van der Waals surface area contributed by atoms with Gasteiger partial charge in [-0.15, -0.1) is 0 Å². The Morgan fingerprint density at radius 2 is 1.88 bits per heavy atom. The number of nitrogens with zero attached hydrogens (tertiary/aromatic N) is 4.